The fourth-order valence-electron chi connectivity index (χ4n) is 3.64. The molecule has 0 bridgehead atoms. The summed E-state index contributed by atoms with van der Waals surface area (Å²) >= 11 is 0. The zero-order valence-corrected chi connectivity index (χ0v) is 20.5. The van der Waals surface area contributed by atoms with Gasteiger partial charge in [-0.15, -0.1) is 0 Å². The van der Waals surface area contributed by atoms with Crippen molar-refractivity contribution in [2.45, 2.75) is 18.9 Å². The van der Waals surface area contributed by atoms with Gasteiger partial charge in [-0.3, -0.25) is 14.6 Å². The number of fused-ring (bicyclic) bond motifs is 1. The second-order valence-electron chi connectivity index (χ2n) is 8.39. The van der Waals surface area contributed by atoms with E-state index in [0.29, 0.717) is 39.6 Å². The van der Waals surface area contributed by atoms with Crippen molar-refractivity contribution in [3.8, 4) is 23.0 Å². The van der Waals surface area contributed by atoms with Gasteiger partial charge in [0, 0.05) is 29.8 Å². The molecule has 9 nitrogen and oxygen atoms in total. The molecule has 0 aliphatic rings. The first-order valence-electron chi connectivity index (χ1n) is 11.7. The van der Waals surface area contributed by atoms with Gasteiger partial charge in [-0.1, -0.05) is 12.1 Å². The minimum atomic E-state index is -1.09. The molecule has 3 aromatic carbocycles. The highest BCUT2D eigenvalue weighted by Gasteiger charge is 2.15. The molecule has 0 aliphatic heterocycles. The second-order valence-corrected chi connectivity index (χ2v) is 8.39. The van der Waals surface area contributed by atoms with Gasteiger partial charge in [-0.05, 0) is 54.1 Å². The molecule has 0 saturated carbocycles. The maximum Gasteiger partial charge on any atom is 0.320 e. The van der Waals surface area contributed by atoms with Crippen molar-refractivity contribution in [1.29, 1.82) is 0 Å². The van der Waals surface area contributed by atoms with Crippen molar-refractivity contribution in [2.75, 3.05) is 19.0 Å². The van der Waals surface area contributed by atoms with Gasteiger partial charge in [0.15, 0.2) is 11.5 Å². The van der Waals surface area contributed by atoms with Crippen LogP contribution in [0.5, 0.6) is 23.0 Å². The number of nitrogens with two attached hydrogens (primary N) is 1. The van der Waals surface area contributed by atoms with E-state index < -0.39 is 12.0 Å². The lowest BCUT2D eigenvalue weighted by Crippen LogP contribution is -2.31. The minimum Gasteiger partial charge on any atom is -0.493 e. The maximum atomic E-state index is 13.0. The van der Waals surface area contributed by atoms with E-state index in [2.05, 4.69) is 10.3 Å². The average Bonchev–Trinajstić information content (AvgIpc) is 2.90. The Hall–Kier alpha value is -4.70. The third kappa shape index (κ3) is 6.74. The van der Waals surface area contributed by atoms with Gasteiger partial charge in [0.25, 0.3) is 0 Å². The molecule has 1 aromatic heterocycles. The number of nitrogens with zero attached hydrogens (tertiary/aromatic N) is 1. The van der Waals surface area contributed by atoms with Gasteiger partial charge in [0.1, 0.15) is 23.4 Å². The third-order valence-electron chi connectivity index (χ3n) is 5.63. The fourth-order valence-corrected chi connectivity index (χ4v) is 3.64. The SMILES string of the molecule is COc1cc2c(Oc3ccc(CC(=O)Nc4ccc(F)cc4)cc3)ccnc2cc1OCCC(N)C(=O)O. The normalized spacial score (nSPS) is 11.6. The number of aromatic nitrogens is 1. The van der Waals surface area contributed by atoms with E-state index in [-0.39, 0.29) is 31.2 Å². The number of carboxylic acids is 1. The number of ether oxygens (including phenoxy) is 3. The van der Waals surface area contributed by atoms with Crippen molar-refractivity contribution in [1.82, 2.24) is 4.98 Å². The van der Waals surface area contributed by atoms with Gasteiger partial charge in [0.05, 0.1) is 25.7 Å². The molecule has 196 valence electrons. The number of rotatable bonds is 11. The van der Waals surface area contributed by atoms with Crippen LogP contribution in [0.1, 0.15) is 12.0 Å². The number of carbonyl (C=O) groups is 2. The summed E-state index contributed by atoms with van der Waals surface area (Å²) in [6, 6.07) is 16.8. The Morgan fingerprint density at radius 3 is 2.45 bits per heavy atom. The Kier molecular flexibility index (Phi) is 8.34. The van der Waals surface area contributed by atoms with Gasteiger partial charge < -0.3 is 30.4 Å². The molecule has 0 fully saturated rings. The van der Waals surface area contributed by atoms with Crippen LogP contribution in [-0.4, -0.2) is 41.7 Å². The molecule has 0 aliphatic carbocycles. The Bertz CT molecular complexity index is 1430. The minimum absolute atomic E-state index is 0.0970. The van der Waals surface area contributed by atoms with Crippen molar-refractivity contribution in [3.05, 3.63) is 84.3 Å². The van der Waals surface area contributed by atoms with Crippen LogP contribution in [0, 0.1) is 5.82 Å². The Labute approximate surface area is 218 Å². The van der Waals surface area contributed by atoms with Crippen molar-refractivity contribution >= 4 is 28.5 Å². The summed E-state index contributed by atoms with van der Waals surface area (Å²) in [4.78, 5) is 27.6. The maximum absolute atomic E-state index is 13.0. The highest BCUT2D eigenvalue weighted by Crippen LogP contribution is 2.37. The number of amides is 1. The summed E-state index contributed by atoms with van der Waals surface area (Å²) in [6.07, 6.45) is 1.88. The van der Waals surface area contributed by atoms with Gasteiger partial charge in [-0.2, -0.15) is 0 Å². The summed E-state index contributed by atoms with van der Waals surface area (Å²) < 4.78 is 30.3. The summed E-state index contributed by atoms with van der Waals surface area (Å²) in [6.45, 7) is 0.0970. The monoisotopic (exact) mass is 519 g/mol. The number of anilines is 1. The summed E-state index contributed by atoms with van der Waals surface area (Å²) in [5.74, 6) is 0.249. The number of carboxylic acid groups (broad SMARTS) is 1. The van der Waals surface area contributed by atoms with Gasteiger partial charge in [0.2, 0.25) is 5.91 Å². The quantitative estimate of drug-likeness (QED) is 0.263. The van der Waals surface area contributed by atoms with Gasteiger partial charge in [-0.25, -0.2) is 4.39 Å². The number of halogens is 1. The number of nitrogens with one attached hydrogen (secondary N) is 1. The Balaban J connectivity index is 1.43. The van der Waals surface area contributed by atoms with E-state index >= 15 is 0 Å². The van der Waals surface area contributed by atoms with Crippen LogP contribution in [0.25, 0.3) is 10.9 Å². The zero-order valence-electron chi connectivity index (χ0n) is 20.5. The number of benzene rings is 3. The number of carbonyl (C=O) groups excluding carboxylic acids is 1. The number of pyridine rings is 1. The number of aliphatic carboxylic acids is 1. The number of hydrogen-bond acceptors (Lipinski definition) is 7. The summed E-state index contributed by atoms with van der Waals surface area (Å²) in [5.41, 5.74) is 7.43. The summed E-state index contributed by atoms with van der Waals surface area (Å²) in [7, 11) is 1.50. The Morgan fingerprint density at radius 2 is 1.76 bits per heavy atom. The molecular formula is C28H26FN3O6. The molecule has 0 spiro atoms. The highest BCUT2D eigenvalue weighted by atomic mass is 19.1. The second kappa shape index (κ2) is 12.0. The number of hydrogen-bond donors (Lipinski definition) is 3. The molecule has 1 unspecified atom stereocenters. The van der Waals surface area contributed by atoms with E-state index in [0.717, 1.165) is 5.56 Å². The van der Waals surface area contributed by atoms with E-state index in [1.54, 1.807) is 48.7 Å². The smallest absolute Gasteiger partial charge is 0.320 e. The first-order valence-corrected chi connectivity index (χ1v) is 11.7. The lowest BCUT2D eigenvalue weighted by atomic mass is 10.1. The molecule has 1 amide bonds. The van der Waals surface area contributed by atoms with E-state index in [1.807, 2.05) is 0 Å². The topological polar surface area (TPSA) is 133 Å². The average molecular weight is 520 g/mol. The molecule has 1 atom stereocenters. The van der Waals surface area contributed by atoms with Gasteiger partial charge >= 0.3 is 5.97 Å². The van der Waals surface area contributed by atoms with E-state index in [4.69, 9.17) is 25.1 Å². The highest BCUT2D eigenvalue weighted by molar-refractivity contribution is 5.92. The van der Waals surface area contributed by atoms with Crippen LogP contribution >= 0.6 is 0 Å². The van der Waals surface area contributed by atoms with Crippen LogP contribution in [0.3, 0.4) is 0 Å². The first-order chi connectivity index (χ1) is 18.3. The molecule has 0 saturated heterocycles. The molecule has 38 heavy (non-hydrogen) atoms. The first kappa shape index (κ1) is 26.4. The lowest BCUT2D eigenvalue weighted by Gasteiger charge is -2.14. The number of methoxy groups -OCH3 is 1. The van der Waals surface area contributed by atoms with Crippen LogP contribution in [-0.2, 0) is 16.0 Å². The van der Waals surface area contributed by atoms with Crippen molar-refractivity contribution < 1.29 is 33.3 Å². The van der Waals surface area contributed by atoms with Crippen LogP contribution in [0.2, 0.25) is 0 Å². The van der Waals surface area contributed by atoms with Crippen LogP contribution in [0.15, 0.2) is 72.9 Å². The zero-order chi connectivity index (χ0) is 27.1. The largest absolute Gasteiger partial charge is 0.493 e. The predicted molar refractivity (Wildman–Crippen MR) is 139 cm³/mol. The van der Waals surface area contributed by atoms with Crippen molar-refractivity contribution in [3.63, 3.8) is 0 Å². The predicted octanol–water partition coefficient (Wildman–Crippen LogP) is 4.54. The standard InChI is InChI=1S/C28H26FN3O6/c1-36-25-15-21-23(16-26(25)37-13-11-22(30)28(34)35)31-12-10-24(21)38-20-8-2-17(3-9-20)14-27(33)32-19-6-4-18(29)5-7-19/h2-10,12,15-16,22H,11,13-14,30H2,1H3,(H,32,33)(H,34,35). The molecule has 4 aromatic rings. The Morgan fingerprint density at radius 1 is 1.03 bits per heavy atom. The summed E-state index contributed by atoms with van der Waals surface area (Å²) in [5, 5.41) is 12.3. The van der Waals surface area contributed by atoms with Crippen LogP contribution in [0.4, 0.5) is 10.1 Å². The van der Waals surface area contributed by atoms with Crippen LogP contribution < -0.4 is 25.3 Å². The van der Waals surface area contributed by atoms with Crippen molar-refractivity contribution in [2.24, 2.45) is 5.73 Å². The fraction of sp³-hybridized carbons (Fsp3) is 0.179. The molecule has 4 rings (SSSR count). The lowest BCUT2D eigenvalue weighted by molar-refractivity contribution is -0.138. The third-order valence-corrected chi connectivity index (χ3v) is 5.63. The van der Waals surface area contributed by atoms with E-state index in [9.17, 15) is 14.0 Å². The molecule has 1 heterocycles. The molecule has 0 radical (unpaired) electrons. The van der Waals surface area contributed by atoms with E-state index in [1.165, 1.54) is 31.4 Å². The molecule has 10 heteroatoms. The molecular weight excluding hydrogens is 493 g/mol. The molecule has 4 N–H and O–H groups in total.